The van der Waals surface area contributed by atoms with Crippen LogP contribution in [0.4, 0.5) is 5.69 Å². The average molecular weight is 435 g/mol. The second kappa shape index (κ2) is 11.0. The Labute approximate surface area is 189 Å². The van der Waals surface area contributed by atoms with Crippen molar-refractivity contribution in [1.29, 1.82) is 10.7 Å². The number of hydrogen-bond donors (Lipinski definition) is 2. The molecule has 1 aliphatic rings. The van der Waals surface area contributed by atoms with Gasteiger partial charge >= 0.3 is 0 Å². The smallest absolute Gasteiger partial charge is 0.176 e. The Morgan fingerprint density at radius 1 is 1.23 bits per heavy atom. The van der Waals surface area contributed by atoms with Gasteiger partial charge in [-0.25, -0.2) is 0 Å². The van der Waals surface area contributed by atoms with Crippen LogP contribution in [0.3, 0.4) is 0 Å². The third-order valence-corrected chi connectivity index (χ3v) is 6.29. The minimum atomic E-state index is 0.0142. The molecule has 1 fully saturated rings. The lowest BCUT2D eigenvalue weighted by atomic mass is 9.92. The maximum Gasteiger partial charge on any atom is 0.176 e. The van der Waals surface area contributed by atoms with Crippen molar-refractivity contribution in [1.82, 2.24) is 0 Å². The van der Waals surface area contributed by atoms with Gasteiger partial charge in [0.15, 0.2) is 5.84 Å². The Bertz CT molecular complexity index is 972. The number of nitrogens with one attached hydrogen (secondary N) is 1. The molecule has 3 N–H and O–H groups in total. The normalized spacial score (nSPS) is 14.6. The molecule has 0 saturated heterocycles. The van der Waals surface area contributed by atoms with Crippen molar-refractivity contribution in [2.75, 3.05) is 11.4 Å². The van der Waals surface area contributed by atoms with Gasteiger partial charge in [0.1, 0.15) is 5.40 Å². The molecular weight excluding hydrogens is 404 g/mol. The van der Waals surface area contributed by atoms with E-state index in [1.807, 2.05) is 24.3 Å². The summed E-state index contributed by atoms with van der Waals surface area (Å²) in [6, 6.07) is 14.4. The number of nitrogens with zero attached hydrogens (tertiary/aromatic N) is 4. The molecular formula is C24H30N6S. The predicted octanol–water partition coefficient (Wildman–Crippen LogP) is 6.37. The van der Waals surface area contributed by atoms with Crippen molar-refractivity contribution in [3.63, 3.8) is 0 Å². The predicted molar refractivity (Wildman–Crippen MR) is 128 cm³/mol. The van der Waals surface area contributed by atoms with Gasteiger partial charge in [-0.15, -0.1) is 5.11 Å². The second-order valence-corrected chi connectivity index (χ2v) is 9.15. The van der Waals surface area contributed by atoms with Crippen molar-refractivity contribution in [3.8, 4) is 16.5 Å². The molecule has 1 aliphatic carbocycles. The molecule has 0 bridgehead atoms. The standard InChI is InChI=1S/C24H30N6S/c1-17(2)15-30(19-8-4-3-5-9-19)22-13-12-18(14-23(22)31-16-25)20-10-6-7-11-21(20)24(26)28-29-27/h6-7,10-14,17,19H,3-5,8-9,15H2,1-2H3,(H3,26,27,28). The van der Waals surface area contributed by atoms with E-state index in [1.165, 1.54) is 43.9 Å². The molecule has 6 nitrogen and oxygen atoms in total. The highest BCUT2D eigenvalue weighted by Gasteiger charge is 2.25. The number of nitriles is 1. The number of rotatable bonds is 7. The first-order valence-corrected chi connectivity index (χ1v) is 11.6. The first-order valence-electron chi connectivity index (χ1n) is 10.8. The second-order valence-electron chi connectivity index (χ2n) is 8.32. The topological polar surface area (TPSA) is 102 Å². The molecule has 3 rings (SSSR count). The summed E-state index contributed by atoms with van der Waals surface area (Å²) >= 11 is 1.20. The van der Waals surface area contributed by atoms with Crippen molar-refractivity contribution in [2.24, 2.45) is 22.1 Å². The third-order valence-electron chi connectivity index (χ3n) is 5.65. The van der Waals surface area contributed by atoms with Crippen LogP contribution < -0.4 is 10.7 Å². The van der Waals surface area contributed by atoms with E-state index in [2.05, 4.69) is 52.7 Å². The molecule has 0 spiro atoms. The van der Waals surface area contributed by atoms with E-state index in [0.29, 0.717) is 17.5 Å². The van der Waals surface area contributed by atoms with Gasteiger partial charge in [-0.1, -0.05) is 68.7 Å². The lowest BCUT2D eigenvalue weighted by Gasteiger charge is -2.38. The number of amidine groups is 1. The highest BCUT2D eigenvalue weighted by atomic mass is 32.2. The highest BCUT2D eigenvalue weighted by molar-refractivity contribution is 8.03. The van der Waals surface area contributed by atoms with Crippen LogP contribution in [0.2, 0.25) is 0 Å². The molecule has 0 aromatic heterocycles. The Kier molecular flexibility index (Phi) is 8.07. The van der Waals surface area contributed by atoms with E-state index in [9.17, 15) is 5.26 Å². The number of anilines is 1. The molecule has 0 unspecified atom stereocenters. The summed E-state index contributed by atoms with van der Waals surface area (Å²) in [4.78, 5) is 3.47. The van der Waals surface area contributed by atoms with Crippen LogP contribution in [-0.4, -0.2) is 18.4 Å². The van der Waals surface area contributed by atoms with Crippen LogP contribution in [0.1, 0.15) is 51.5 Å². The Balaban J connectivity index is 2.05. The zero-order valence-corrected chi connectivity index (χ0v) is 19.0. The molecule has 0 amide bonds. The van der Waals surface area contributed by atoms with Gasteiger partial charge < -0.3 is 10.7 Å². The van der Waals surface area contributed by atoms with Crippen LogP contribution in [0.25, 0.3) is 11.1 Å². The van der Waals surface area contributed by atoms with Crippen LogP contribution >= 0.6 is 11.8 Å². The fourth-order valence-electron chi connectivity index (χ4n) is 4.33. The van der Waals surface area contributed by atoms with Crippen LogP contribution in [-0.2, 0) is 0 Å². The Morgan fingerprint density at radius 3 is 2.65 bits per heavy atom. The summed E-state index contributed by atoms with van der Waals surface area (Å²) in [5, 5.41) is 26.9. The van der Waals surface area contributed by atoms with Crippen molar-refractivity contribution >= 4 is 23.3 Å². The minimum absolute atomic E-state index is 0.0142. The van der Waals surface area contributed by atoms with Crippen molar-refractivity contribution < 1.29 is 0 Å². The van der Waals surface area contributed by atoms with Crippen LogP contribution in [0, 0.1) is 22.0 Å². The number of thiocyanates is 1. The van der Waals surface area contributed by atoms with Gasteiger partial charge in [0.25, 0.3) is 0 Å². The van der Waals surface area contributed by atoms with E-state index in [-0.39, 0.29) is 5.84 Å². The summed E-state index contributed by atoms with van der Waals surface area (Å²) < 4.78 is 0. The summed E-state index contributed by atoms with van der Waals surface area (Å²) in [6.07, 6.45) is 6.25. The molecule has 31 heavy (non-hydrogen) atoms. The van der Waals surface area contributed by atoms with Gasteiger partial charge in [0.05, 0.1) is 5.69 Å². The number of benzene rings is 2. The summed E-state index contributed by atoms with van der Waals surface area (Å²) in [6.45, 7) is 5.46. The van der Waals surface area contributed by atoms with E-state index in [0.717, 1.165) is 28.3 Å². The number of hydrogen-bond acceptors (Lipinski definition) is 5. The van der Waals surface area contributed by atoms with E-state index in [1.54, 1.807) is 0 Å². The van der Waals surface area contributed by atoms with Crippen molar-refractivity contribution in [3.05, 3.63) is 48.0 Å². The Hall–Kier alpha value is -2.85. The summed E-state index contributed by atoms with van der Waals surface area (Å²) in [5.74, 6) is 5.70. The van der Waals surface area contributed by atoms with Crippen LogP contribution in [0.15, 0.2) is 57.7 Å². The lowest BCUT2D eigenvalue weighted by molar-refractivity contribution is 0.400. The lowest BCUT2D eigenvalue weighted by Crippen LogP contribution is -2.39. The summed E-state index contributed by atoms with van der Waals surface area (Å²) in [7, 11) is 0. The molecule has 162 valence electrons. The quantitative estimate of drug-likeness (QED) is 0.100. The van der Waals surface area contributed by atoms with Crippen LogP contribution in [0.5, 0.6) is 0 Å². The molecule has 7 heteroatoms. The van der Waals surface area contributed by atoms with E-state index < -0.39 is 0 Å². The molecule has 0 heterocycles. The maximum absolute atomic E-state index is 9.51. The van der Waals surface area contributed by atoms with Gasteiger partial charge in [0.2, 0.25) is 0 Å². The zero-order chi connectivity index (χ0) is 22.2. The molecule has 2 aromatic carbocycles. The first kappa shape index (κ1) is 22.8. The maximum atomic E-state index is 9.51. The average Bonchev–Trinajstić information content (AvgIpc) is 2.78. The molecule has 0 radical (unpaired) electrons. The fraction of sp³-hybridized carbons (Fsp3) is 0.417. The fourth-order valence-corrected chi connectivity index (χ4v) is 4.91. The molecule has 0 atom stereocenters. The summed E-state index contributed by atoms with van der Waals surface area (Å²) in [5.41, 5.74) is 3.61. The van der Waals surface area contributed by atoms with E-state index >= 15 is 0 Å². The largest absolute Gasteiger partial charge is 0.367 e. The van der Waals surface area contributed by atoms with Gasteiger partial charge in [-0.3, -0.25) is 5.41 Å². The molecule has 2 aromatic rings. The Morgan fingerprint density at radius 2 is 1.97 bits per heavy atom. The monoisotopic (exact) mass is 434 g/mol. The minimum Gasteiger partial charge on any atom is -0.367 e. The van der Waals surface area contributed by atoms with E-state index in [4.69, 9.17) is 11.3 Å². The van der Waals surface area contributed by atoms with Crippen molar-refractivity contribution in [2.45, 2.75) is 56.9 Å². The first-order chi connectivity index (χ1) is 15.0. The SMILES string of the molecule is CC(C)CN(c1ccc(-c2ccccc2C(=N)N=NN)cc1SC#N)C1CCCCC1. The number of thioether (sulfide) groups is 1. The zero-order valence-electron chi connectivity index (χ0n) is 18.2. The highest BCUT2D eigenvalue weighted by Crippen LogP contribution is 2.38. The molecule has 0 aliphatic heterocycles. The van der Waals surface area contributed by atoms with Gasteiger partial charge in [-0.2, -0.15) is 5.26 Å². The van der Waals surface area contributed by atoms with Gasteiger partial charge in [0, 0.05) is 23.0 Å². The number of nitrogens with two attached hydrogens (primary N) is 1. The molecule has 1 saturated carbocycles. The van der Waals surface area contributed by atoms with Gasteiger partial charge in [-0.05, 0) is 53.8 Å². The third kappa shape index (κ3) is 5.65.